The maximum Gasteiger partial charge on any atom is 0.154 e. The second kappa shape index (κ2) is 4.58. The van der Waals surface area contributed by atoms with E-state index in [4.69, 9.17) is 9.68 Å². The van der Waals surface area contributed by atoms with Crippen LogP contribution in [-0.4, -0.2) is 6.54 Å². The van der Waals surface area contributed by atoms with Crippen molar-refractivity contribution in [2.75, 3.05) is 6.54 Å². The Kier molecular flexibility index (Phi) is 3.36. The molecule has 0 aliphatic rings. The average Bonchev–Trinajstić information content (AvgIpc) is 2.59. The Hall–Kier alpha value is -1.27. The lowest BCUT2D eigenvalue weighted by Crippen LogP contribution is -2.19. The molecule has 0 saturated carbocycles. The molecule has 3 heteroatoms. The van der Waals surface area contributed by atoms with Crippen LogP contribution in [0.15, 0.2) is 22.8 Å². The minimum atomic E-state index is -0.306. The number of hydrogen-bond acceptors (Lipinski definition) is 3. The van der Waals surface area contributed by atoms with Gasteiger partial charge in [-0.05, 0) is 25.1 Å². The second-order valence-electron chi connectivity index (χ2n) is 2.53. The van der Waals surface area contributed by atoms with E-state index in [9.17, 15) is 0 Å². The molecular formula is C9H12N2O. The molecule has 1 unspecified atom stereocenters. The van der Waals surface area contributed by atoms with Crippen molar-refractivity contribution in [2.45, 2.75) is 19.4 Å². The fourth-order valence-corrected chi connectivity index (χ4v) is 0.954. The van der Waals surface area contributed by atoms with Crippen molar-refractivity contribution < 1.29 is 4.42 Å². The van der Waals surface area contributed by atoms with Gasteiger partial charge >= 0.3 is 0 Å². The molecule has 0 aliphatic carbocycles. The minimum Gasteiger partial charge on any atom is -0.467 e. The smallest absolute Gasteiger partial charge is 0.154 e. The van der Waals surface area contributed by atoms with Crippen LogP contribution >= 0.6 is 0 Å². The third-order valence-electron chi connectivity index (χ3n) is 1.56. The van der Waals surface area contributed by atoms with E-state index in [-0.39, 0.29) is 6.04 Å². The van der Waals surface area contributed by atoms with Crippen LogP contribution < -0.4 is 5.32 Å². The predicted molar refractivity (Wildman–Crippen MR) is 45.4 cm³/mol. The lowest BCUT2D eigenvalue weighted by Gasteiger charge is -2.06. The Balaban J connectivity index is 2.53. The maximum atomic E-state index is 8.75. The third-order valence-corrected chi connectivity index (χ3v) is 1.56. The normalized spacial score (nSPS) is 12.3. The van der Waals surface area contributed by atoms with Crippen LogP contribution in [0.25, 0.3) is 0 Å². The number of nitrogens with one attached hydrogen (secondary N) is 1. The highest BCUT2D eigenvalue weighted by atomic mass is 16.3. The topological polar surface area (TPSA) is 49.0 Å². The number of nitriles is 1. The predicted octanol–water partition coefficient (Wildman–Crippen LogP) is 1.84. The summed E-state index contributed by atoms with van der Waals surface area (Å²) in [6, 6.07) is 5.42. The van der Waals surface area contributed by atoms with Gasteiger partial charge in [0.1, 0.15) is 5.76 Å². The Morgan fingerprint density at radius 3 is 3.08 bits per heavy atom. The summed E-state index contributed by atoms with van der Waals surface area (Å²) < 4.78 is 5.10. The summed E-state index contributed by atoms with van der Waals surface area (Å²) >= 11 is 0. The molecule has 1 rings (SSSR count). The zero-order valence-electron chi connectivity index (χ0n) is 7.08. The molecule has 0 fully saturated rings. The van der Waals surface area contributed by atoms with E-state index in [0.717, 1.165) is 13.0 Å². The highest BCUT2D eigenvalue weighted by Gasteiger charge is 2.10. The summed E-state index contributed by atoms with van der Waals surface area (Å²) in [5.41, 5.74) is 0. The number of rotatable bonds is 4. The Labute approximate surface area is 72.0 Å². The molecule has 0 amide bonds. The first-order chi connectivity index (χ1) is 5.88. The van der Waals surface area contributed by atoms with Crippen LogP contribution in [0, 0.1) is 11.3 Å². The van der Waals surface area contributed by atoms with E-state index in [0.29, 0.717) is 5.76 Å². The molecule has 3 nitrogen and oxygen atoms in total. The Bertz CT molecular complexity index is 248. The van der Waals surface area contributed by atoms with Gasteiger partial charge < -0.3 is 4.42 Å². The van der Waals surface area contributed by atoms with E-state index < -0.39 is 0 Å². The molecule has 1 aromatic rings. The number of furan rings is 1. The molecule has 1 atom stereocenters. The van der Waals surface area contributed by atoms with Crippen LogP contribution in [0.1, 0.15) is 25.1 Å². The van der Waals surface area contributed by atoms with Gasteiger partial charge in [-0.1, -0.05) is 6.92 Å². The van der Waals surface area contributed by atoms with Crippen molar-refractivity contribution >= 4 is 0 Å². The second-order valence-corrected chi connectivity index (χ2v) is 2.53. The van der Waals surface area contributed by atoms with Gasteiger partial charge in [0.15, 0.2) is 6.04 Å². The summed E-state index contributed by atoms with van der Waals surface area (Å²) in [5.74, 6) is 0.686. The summed E-state index contributed by atoms with van der Waals surface area (Å²) in [4.78, 5) is 0. The SMILES string of the molecule is CCCNC(C#N)c1ccco1. The average molecular weight is 164 g/mol. The van der Waals surface area contributed by atoms with Crippen LogP contribution in [0.3, 0.4) is 0 Å². The molecule has 1 aromatic heterocycles. The molecule has 0 aromatic carbocycles. The fraction of sp³-hybridized carbons (Fsp3) is 0.444. The summed E-state index contributed by atoms with van der Waals surface area (Å²) in [5, 5.41) is 11.8. The molecule has 64 valence electrons. The number of nitrogens with zero attached hydrogens (tertiary/aromatic N) is 1. The first-order valence-electron chi connectivity index (χ1n) is 4.05. The first-order valence-corrected chi connectivity index (χ1v) is 4.05. The molecule has 0 spiro atoms. The van der Waals surface area contributed by atoms with E-state index in [1.807, 2.05) is 0 Å². The Morgan fingerprint density at radius 1 is 1.75 bits per heavy atom. The van der Waals surface area contributed by atoms with E-state index in [1.54, 1.807) is 18.4 Å². The van der Waals surface area contributed by atoms with Crippen molar-refractivity contribution in [3.8, 4) is 6.07 Å². The van der Waals surface area contributed by atoms with Gasteiger partial charge in [-0.25, -0.2) is 0 Å². The molecule has 1 heterocycles. The van der Waals surface area contributed by atoms with Crippen molar-refractivity contribution in [3.63, 3.8) is 0 Å². The highest BCUT2D eigenvalue weighted by molar-refractivity contribution is 5.12. The van der Waals surface area contributed by atoms with Crippen molar-refractivity contribution in [2.24, 2.45) is 0 Å². The molecule has 0 saturated heterocycles. The monoisotopic (exact) mass is 164 g/mol. The third kappa shape index (κ3) is 2.11. The fourth-order valence-electron chi connectivity index (χ4n) is 0.954. The lowest BCUT2D eigenvalue weighted by atomic mass is 10.2. The summed E-state index contributed by atoms with van der Waals surface area (Å²) in [6.07, 6.45) is 2.59. The van der Waals surface area contributed by atoms with Gasteiger partial charge in [-0.3, -0.25) is 5.32 Å². The van der Waals surface area contributed by atoms with E-state index in [2.05, 4.69) is 18.3 Å². The van der Waals surface area contributed by atoms with Gasteiger partial charge in [0.25, 0.3) is 0 Å². The van der Waals surface area contributed by atoms with E-state index in [1.165, 1.54) is 0 Å². The zero-order chi connectivity index (χ0) is 8.81. The van der Waals surface area contributed by atoms with Gasteiger partial charge in [-0.2, -0.15) is 5.26 Å². The van der Waals surface area contributed by atoms with Crippen LogP contribution in [0.2, 0.25) is 0 Å². The standard InChI is InChI=1S/C9H12N2O/c1-2-5-11-8(7-10)9-4-3-6-12-9/h3-4,6,8,11H,2,5H2,1H3. The van der Waals surface area contributed by atoms with Crippen molar-refractivity contribution in [1.82, 2.24) is 5.32 Å². The molecule has 12 heavy (non-hydrogen) atoms. The van der Waals surface area contributed by atoms with Crippen LogP contribution in [-0.2, 0) is 0 Å². The maximum absolute atomic E-state index is 8.75. The summed E-state index contributed by atoms with van der Waals surface area (Å²) in [6.45, 7) is 2.89. The molecular weight excluding hydrogens is 152 g/mol. The zero-order valence-corrected chi connectivity index (χ0v) is 7.08. The Morgan fingerprint density at radius 2 is 2.58 bits per heavy atom. The van der Waals surface area contributed by atoms with Crippen LogP contribution in [0.5, 0.6) is 0 Å². The number of hydrogen-bond donors (Lipinski definition) is 1. The molecule has 1 N–H and O–H groups in total. The van der Waals surface area contributed by atoms with Gasteiger partial charge in [-0.15, -0.1) is 0 Å². The molecule has 0 bridgehead atoms. The summed E-state index contributed by atoms with van der Waals surface area (Å²) in [7, 11) is 0. The molecule has 0 aliphatic heterocycles. The minimum absolute atomic E-state index is 0.306. The first kappa shape index (κ1) is 8.82. The van der Waals surface area contributed by atoms with E-state index >= 15 is 0 Å². The molecule has 0 radical (unpaired) electrons. The van der Waals surface area contributed by atoms with Gasteiger partial charge in [0.05, 0.1) is 12.3 Å². The van der Waals surface area contributed by atoms with Gasteiger partial charge in [0, 0.05) is 0 Å². The largest absolute Gasteiger partial charge is 0.467 e. The van der Waals surface area contributed by atoms with Crippen LogP contribution in [0.4, 0.5) is 0 Å². The van der Waals surface area contributed by atoms with Crippen molar-refractivity contribution in [3.05, 3.63) is 24.2 Å². The highest BCUT2D eigenvalue weighted by Crippen LogP contribution is 2.11. The quantitative estimate of drug-likeness (QED) is 0.738. The lowest BCUT2D eigenvalue weighted by molar-refractivity contribution is 0.457. The van der Waals surface area contributed by atoms with Crippen molar-refractivity contribution in [1.29, 1.82) is 5.26 Å². The van der Waals surface area contributed by atoms with Gasteiger partial charge in [0.2, 0.25) is 0 Å².